The minimum atomic E-state index is 0.0269. The second-order valence-electron chi connectivity index (χ2n) is 7.10. The summed E-state index contributed by atoms with van der Waals surface area (Å²) in [5, 5.41) is 4.50. The van der Waals surface area contributed by atoms with Crippen molar-refractivity contribution >= 4 is 5.91 Å². The van der Waals surface area contributed by atoms with E-state index < -0.39 is 0 Å². The van der Waals surface area contributed by atoms with Gasteiger partial charge in [0.2, 0.25) is 0 Å². The highest BCUT2D eigenvalue weighted by molar-refractivity contribution is 5.94. The molecule has 0 unspecified atom stereocenters. The lowest BCUT2D eigenvalue weighted by molar-refractivity contribution is 0.0762. The largest absolute Gasteiger partial charge is 0.337 e. The lowest BCUT2D eigenvalue weighted by atomic mass is 10.1. The summed E-state index contributed by atoms with van der Waals surface area (Å²) in [5.41, 5.74) is 10.9. The van der Waals surface area contributed by atoms with Crippen molar-refractivity contribution in [3.63, 3.8) is 0 Å². The van der Waals surface area contributed by atoms with E-state index in [1.807, 2.05) is 59.0 Å². The van der Waals surface area contributed by atoms with Gasteiger partial charge in [-0.2, -0.15) is 5.10 Å². The first-order chi connectivity index (χ1) is 13.6. The summed E-state index contributed by atoms with van der Waals surface area (Å²) in [5.74, 6) is 0.0269. The van der Waals surface area contributed by atoms with Crippen molar-refractivity contribution in [1.29, 1.82) is 0 Å². The van der Waals surface area contributed by atoms with Crippen LogP contribution in [0.3, 0.4) is 0 Å². The van der Waals surface area contributed by atoms with E-state index in [1.165, 1.54) is 5.56 Å². The molecule has 0 radical (unpaired) electrons. The third-order valence-corrected chi connectivity index (χ3v) is 4.84. The van der Waals surface area contributed by atoms with Crippen molar-refractivity contribution in [2.24, 2.45) is 5.73 Å². The molecule has 3 aromatic rings. The predicted molar refractivity (Wildman–Crippen MR) is 112 cm³/mol. The van der Waals surface area contributed by atoms with Crippen molar-refractivity contribution in [3.05, 3.63) is 88.7 Å². The Morgan fingerprint density at radius 2 is 1.71 bits per heavy atom. The lowest BCUT2D eigenvalue weighted by Crippen LogP contribution is -2.36. The summed E-state index contributed by atoms with van der Waals surface area (Å²) in [6.45, 7) is 6.42. The maximum absolute atomic E-state index is 12.9. The van der Waals surface area contributed by atoms with Gasteiger partial charge in [0, 0.05) is 30.9 Å². The van der Waals surface area contributed by atoms with Gasteiger partial charge in [-0.05, 0) is 49.6 Å². The van der Waals surface area contributed by atoms with Gasteiger partial charge >= 0.3 is 0 Å². The van der Waals surface area contributed by atoms with Crippen LogP contribution in [0.1, 0.15) is 32.9 Å². The van der Waals surface area contributed by atoms with Crippen molar-refractivity contribution in [1.82, 2.24) is 14.7 Å². The Kier molecular flexibility index (Phi) is 6.61. The zero-order valence-electron chi connectivity index (χ0n) is 16.6. The van der Waals surface area contributed by atoms with E-state index in [9.17, 15) is 4.79 Å². The van der Waals surface area contributed by atoms with Crippen LogP contribution >= 0.6 is 0 Å². The summed E-state index contributed by atoms with van der Waals surface area (Å²) >= 11 is 0. The standard InChI is InChI=1S/C23H28N4O/c1-18-16-19(2)27(25-18)17-21-8-10-22(11-9-21)23(28)26(15-13-24)14-12-20-6-4-3-5-7-20/h3-11,16H,12-15,17,24H2,1-2H3. The molecule has 0 fully saturated rings. The fourth-order valence-electron chi connectivity index (χ4n) is 3.32. The number of nitrogens with two attached hydrogens (primary N) is 1. The number of nitrogens with zero attached hydrogens (tertiary/aromatic N) is 3. The Hall–Kier alpha value is -2.92. The molecular weight excluding hydrogens is 348 g/mol. The number of hydrogen-bond acceptors (Lipinski definition) is 3. The molecule has 5 heteroatoms. The molecule has 1 amide bonds. The van der Waals surface area contributed by atoms with Gasteiger partial charge in [0.1, 0.15) is 0 Å². The normalized spacial score (nSPS) is 10.8. The molecule has 0 aliphatic carbocycles. The molecule has 3 rings (SSSR count). The highest BCUT2D eigenvalue weighted by Crippen LogP contribution is 2.12. The SMILES string of the molecule is Cc1cc(C)n(Cc2ccc(C(=O)N(CCN)CCc3ccccc3)cc2)n1. The number of carbonyl (C=O) groups is 1. The van der Waals surface area contributed by atoms with E-state index in [2.05, 4.69) is 30.2 Å². The number of amides is 1. The molecular formula is C23H28N4O. The highest BCUT2D eigenvalue weighted by atomic mass is 16.2. The Morgan fingerprint density at radius 1 is 1.00 bits per heavy atom. The average Bonchev–Trinajstić information content (AvgIpc) is 3.02. The van der Waals surface area contributed by atoms with E-state index >= 15 is 0 Å². The summed E-state index contributed by atoms with van der Waals surface area (Å²) < 4.78 is 1.98. The third-order valence-electron chi connectivity index (χ3n) is 4.84. The fourth-order valence-corrected chi connectivity index (χ4v) is 3.32. The monoisotopic (exact) mass is 376 g/mol. The minimum Gasteiger partial charge on any atom is -0.337 e. The molecule has 0 spiro atoms. The smallest absolute Gasteiger partial charge is 0.253 e. The molecule has 0 saturated heterocycles. The zero-order valence-corrected chi connectivity index (χ0v) is 16.6. The van der Waals surface area contributed by atoms with Crippen LogP contribution in [0.2, 0.25) is 0 Å². The van der Waals surface area contributed by atoms with Crippen LogP contribution < -0.4 is 5.73 Å². The number of rotatable bonds is 8. The number of benzene rings is 2. The van der Waals surface area contributed by atoms with E-state index in [0.717, 1.165) is 23.4 Å². The van der Waals surface area contributed by atoms with E-state index in [0.29, 0.717) is 31.7 Å². The summed E-state index contributed by atoms with van der Waals surface area (Å²) in [6, 6.07) is 20.1. The van der Waals surface area contributed by atoms with E-state index in [4.69, 9.17) is 5.73 Å². The first kappa shape index (κ1) is 19.8. The molecule has 5 nitrogen and oxygen atoms in total. The molecule has 0 aliphatic rings. The van der Waals surface area contributed by atoms with Crippen LogP contribution in [0, 0.1) is 13.8 Å². The minimum absolute atomic E-state index is 0.0269. The molecule has 0 bridgehead atoms. The topological polar surface area (TPSA) is 64.2 Å². The van der Waals surface area contributed by atoms with Crippen molar-refractivity contribution in [2.45, 2.75) is 26.8 Å². The summed E-state index contributed by atoms with van der Waals surface area (Å²) in [6.07, 6.45) is 0.822. The highest BCUT2D eigenvalue weighted by Gasteiger charge is 2.15. The van der Waals surface area contributed by atoms with Gasteiger partial charge in [0.15, 0.2) is 0 Å². The first-order valence-electron chi connectivity index (χ1n) is 9.70. The van der Waals surface area contributed by atoms with Gasteiger partial charge < -0.3 is 10.6 Å². The first-order valence-corrected chi connectivity index (χ1v) is 9.70. The molecule has 0 aliphatic heterocycles. The predicted octanol–water partition coefficient (Wildman–Crippen LogP) is 3.19. The van der Waals surface area contributed by atoms with Crippen molar-refractivity contribution < 1.29 is 4.79 Å². The van der Waals surface area contributed by atoms with Gasteiger partial charge in [-0.1, -0.05) is 42.5 Å². The second-order valence-corrected chi connectivity index (χ2v) is 7.10. The molecule has 2 N–H and O–H groups in total. The van der Waals surface area contributed by atoms with Crippen LogP contribution in [0.15, 0.2) is 60.7 Å². The molecule has 1 heterocycles. The van der Waals surface area contributed by atoms with Crippen molar-refractivity contribution in [2.75, 3.05) is 19.6 Å². The number of hydrogen-bond donors (Lipinski definition) is 1. The fraction of sp³-hybridized carbons (Fsp3) is 0.304. The molecule has 0 saturated carbocycles. The molecule has 146 valence electrons. The Morgan fingerprint density at radius 3 is 2.32 bits per heavy atom. The summed E-state index contributed by atoms with van der Waals surface area (Å²) in [4.78, 5) is 14.8. The van der Waals surface area contributed by atoms with Crippen molar-refractivity contribution in [3.8, 4) is 0 Å². The van der Waals surface area contributed by atoms with Gasteiger partial charge in [0.25, 0.3) is 5.91 Å². The average molecular weight is 377 g/mol. The van der Waals surface area contributed by atoms with Gasteiger partial charge in [-0.3, -0.25) is 9.48 Å². The van der Waals surface area contributed by atoms with Gasteiger partial charge in [-0.15, -0.1) is 0 Å². The lowest BCUT2D eigenvalue weighted by Gasteiger charge is -2.22. The maximum Gasteiger partial charge on any atom is 0.253 e. The number of carbonyl (C=O) groups excluding carboxylic acids is 1. The van der Waals surface area contributed by atoms with Crippen LogP contribution in [-0.2, 0) is 13.0 Å². The van der Waals surface area contributed by atoms with Gasteiger partial charge in [-0.25, -0.2) is 0 Å². The molecule has 1 aromatic heterocycles. The quantitative estimate of drug-likeness (QED) is 0.657. The molecule has 28 heavy (non-hydrogen) atoms. The molecule has 0 atom stereocenters. The second kappa shape index (κ2) is 9.33. The Bertz CT molecular complexity index is 900. The third kappa shape index (κ3) is 5.08. The summed E-state index contributed by atoms with van der Waals surface area (Å²) in [7, 11) is 0. The van der Waals surface area contributed by atoms with Crippen LogP contribution in [0.25, 0.3) is 0 Å². The van der Waals surface area contributed by atoms with Gasteiger partial charge in [0.05, 0.1) is 12.2 Å². The maximum atomic E-state index is 12.9. The van der Waals surface area contributed by atoms with Crippen LogP contribution in [-0.4, -0.2) is 40.2 Å². The van der Waals surface area contributed by atoms with E-state index in [1.54, 1.807) is 0 Å². The Balaban J connectivity index is 1.66. The van der Waals surface area contributed by atoms with Crippen LogP contribution in [0.5, 0.6) is 0 Å². The van der Waals surface area contributed by atoms with Crippen LogP contribution in [0.4, 0.5) is 0 Å². The number of aromatic nitrogens is 2. The van der Waals surface area contributed by atoms with E-state index in [-0.39, 0.29) is 5.91 Å². The number of aryl methyl sites for hydroxylation is 2. The zero-order chi connectivity index (χ0) is 19.9. The Labute approximate surface area is 166 Å². The molecule has 2 aromatic carbocycles.